The molecule has 10 heteroatoms. The molecule has 2 amide bonds. The highest BCUT2D eigenvalue weighted by Crippen LogP contribution is 2.40. The Morgan fingerprint density at radius 3 is 2.81 bits per heavy atom. The highest BCUT2D eigenvalue weighted by molar-refractivity contribution is 7.14. The van der Waals surface area contributed by atoms with Gasteiger partial charge in [-0.1, -0.05) is 11.6 Å². The lowest BCUT2D eigenvalue weighted by atomic mass is 10.1. The average Bonchev–Trinajstić information content (AvgIpc) is 3.41. The Morgan fingerprint density at radius 2 is 2.10 bits per heavy atom. The molecule has 1 aliphatic rings. The number of hydrogen-bond donors (Lipinski definition) is 1. The van der Waals surface area contributed by atoms with Crippen LogP contribution in [0.2, 0.25) is 5.02 Å². The molecule has 0 aliphatic carbocycles. The fraction of sp³-hybridized carbons (Fsp3) is 0.238. The summed E-state index contributed by atoms with van der Waals surface area (Å²) in [4.78, 5) is 35.5. The molecule has 0 spiro atoms. The smallest absolute Gasteiger partial charge is 0.231 e. The van der Waals surface area contributed by atoms with Crippen molar-refractivity contribution in [3.8, 4) is 22.8 Å². The van der Waals surface area contributed by atoms with E-state index in [4.69, 9.17) is 21.1 Å². The van der Waals surface area contributed by atoms with Crippen molar-refractivity contribution in [3.05, 3.63) is 47.1 Å². The van der Waals surface area contributed by atoms with Crippen molar-refractivity contribution in [2.45, 2.75) is 6.42 Å². The van der Waals surface area contributed by atoms with Crippen molar-refractivity contribution in [2.24, 2.45) is 5.92 Å². The van der Waals surface area contributed by atoms with Crippen LogP contribution in [0, 0.1) is 5.92 Å². The van der Waals surface area contributed by atoms with E-state index in [1.807, 2.05) is 17.5 Å². The van der Waals surface area contributed by atoms with Crippen LogP contribution in [0.25, 0.3) is 11.3 Å². The van der Waals surface area contributed by atoms with Crippen molar-refractivity contribution >= 4 is 45.6 Å². The number of thiazole rings is 1. The molecule has 3 heterocycles. The van der Waals surface area contributed by atoms with Crippen LogP contribution in [0.3, 0.4) is 0 Å². The maximum atomic E-state index is 12.8. The molecule has 2 aromatic heterocycles. The summed E-state index contributed by atoms with van der Waals surface area (Å²) in [5, 5.41) is 5.49. The van der Waals surface area contributed by atoms with E-state index in [1.54, 1.807) is 24.5 Å². The van der Waals surface area contributed by atoms with Gasteiger partial charge in [0.2, 0.25) is 11.8 Å². The molecule has 4 rings (SSSR count). The number of carbonyl (C=O) groups excluding carboxylic acids is 2. The lowest BCUT2D eigenvalue weighted by Crippen LogP contribution is -2.28. The van der Waals surface area contributed by atoms with Crippen molar-refractivity contribution < 1.29 is 19.1 Å². The highest BCUT2D eigenvalue weighted by atomic mass is 35.5. The molecule has 1 atom stereocenters. The molecule has 3 aromatic rings. The van der Waals surface area contributed by atoms with Crippen LogP contribution in [-0.2, 0) is 9.59 Å². The van der Waals surface area contributed by atoms with Crippen molar-refractivity contribution in [3.63, 3.8) is 0 Å². The molecular formula is C21H19ClN4O4S. The van der Waals surface area contributed by atoms with Gasteiger partial charge in [0.1, 0.15) is 11.5 Å². The second-order valence-electron chi connectivity index (χ2n) is 6.83. The van der Waals surface area contributed by atoms with E-state index >= 15 is 0 Å². The lowest BCUT2D eigenvalue weighted by Gasteiger charge is -2.20. The molecule has 1 fully saturated rings. The molecule has 0 saturated carbocycles. The number of methoxy groups -OCH3 is 2. The van der Waals surface area contributed by atoms with Gasteiger partial charge in [-0.25, -0.2) is 4.98 Å². The van der Waals surface area contributed by atoms with Crippen molar-refractivity contribution in [2.75, 3.05) is 31.0 Å². The Morgan fingerprint density at radius 1 is 1.29 bits per heavy atom. The third kappa shape index (κ3) is 4.33. The first kappa shape index (κ1) is 21.1. The number of anilines is 2. The number of aromatic nitrogens is 2. The lowest BCUT2D eigenvalue weighted by molar-refractivity contribution is -0.122. The SMILES string of the molecule is COc1cc(OC)c(N2CC(C(=O)Nc3nc(-c4cccnc4)cs3)CC2=O)cc1Cl. The van der Waals surface area contributed by atoms with Crippen LogP contribution in [0.1, 0.15) is 6.42 Å². The number of ether oxygens (including phenoxy) is 2. The largest absolute Gasteiger partial charge is 0.495 e. The molecule has 0 bridgehead atoms. The zero-order valence-electron chi connectivity index (χ0n) is 16.8. The minimum absolute atomic E-state index is 0.0828. The molecule has 1 saturated heterocycles. The van der Waals surface area contributed by atoms with E-state index in [1.165, 1.54) is 30.5 Å². The minimum atomic E-state index is -0.524. The normalized spacial score (nSPS) is 15.8. The number of halogens is 1. The Kier molecular flexibility index (Phi) is 6.06. The maximum absolute atomic E-state index is 12.8. The highest BCUT2D eigenvalue weighted by Gasteiger charge is 2.37. The van der Waals surface area contributed by atoms with Gasteiger partial charge in [0.15, 0.2) is 5.13 Å². The predicted molar refractivity (Wildman–Crippen MR) is 119 cm³/mol. The number of nitrogens with zero attached hydrogens (tertiary/aromatic N) is 3. The molecule has 1 unspecified atom stereocenters. The number of amides is 2. The van der Waals surface area contributed by atoms with Gasteiger partial charge in [-0.15, -0.1) is 11.3 Å². The standard InChI is InChI=1S/C21H19ClN4O4S/c1-29-17-8-18(30-2)16(7-14(17)22)26-10-13(6-19(26)27)20(28)25-21-24-15(11-31-21)12-4-3-5-23-9-12/h3-5,7-9,11,13H,6,10H2,1-2H3,(H,24,25,28). The number of carbonyl (C=O) groups is 2. The van der Waals surface area contributed by atoms with E-state index in [-0.39, 0.29) is 24.8 Å². The van der Waals surface area contributed by atoms with Gasteiger partial charge in [0, 0.05) is 42.4 Å². The Labute approximate surface area is 187 Å². The second-order valence-corrected chi connectivity index (χ2v) is 8.10. The molecule has 1 aliphatic heterocycles. The van der Waals surface area contributed by atoms with E-state index in [0.717, 1.165) is 11.3 Å². The topological polar surface area (TPSA) is 93.7 Å². The van der Waals surface area contributed by atoms with Gasteiger partial charge in [-0.3, -0.25) is 14.6 Å². The van der Waals surface area contributed by atoms with Gasteiger partial charge in [0.25, 0.3) is 0 Å². The molecule has 1 aromatic carbocycles. The zero-order chi connectivity index (χ0) is 22.0. The third-order valence-corrected chi connectivity index (χ3v) is 5.98. The Bertz CT molecular complexity index is 1120. The monoisotopic (exact) mass is 458 g/mol. The van der Waals surface area contributed by atoms with Gasteiger partial charge < -0.3 is 19.7 Å². The molecular weight excluding hydrogens is 440 g/mol. The number of nitrogens with one attached hydrogen (secondary N) is 1. The quantitative estimate of drug-likeness (QED) is 0.602. The molecule has 1 N–H and O–H groups in total. The summed E-state index contributed by atoms with van der Waals surface area (Å²) in [7, 11) is 3.00. The summed E-state index contributed by atoms with van der Waals surface area (Å²) >= 11 is 7.56. The average molecular weight is 459 g/mol. The first-order valence-electron chi connectivity index (χ1n) is 9.38. The summed E-state index contributed by atoms with van der Waals surface area (Å²) in [6.07, 6.45) is 3.48. The fourth-order valence-electron chi connectivity index (χ4n) is 3.36. The summed E-state index contributed by atoms with van der Waals surface area (Å²) in [6.45, 7) is 0.213. The summed E-state index contributed by atoms with van der Waals surface area (Å²) < 4.78 is 10.6. The van der Waals surface area contributed by atoms with E-state index in [2.05, 4.69) is 15.3 Å². The summed E-state index contributed by atoms with van der Waals surface area (Å²) in [5.74, 6) is -0.0895. The van der Waals surface area contributed by atoms with E-state index < -0.39 is 5.92 Å². The van der Waals surface area contributed by atoms with Gasteiger partial charge in [-0.2, -0.15) is 0 Å². The Balaban J connectivity index is 1.48. The van der Waals surface area contributed by atoms with Crippen molar-refractivity contribution in [1.29, 1.82) is 0 Å². The molecule has 160 valence electrons. The number of benzene rings is 1. The number of rotatable bonds is 6. The maximum Gasteiger partial charge on any atom is 0.231 e. The Hall–Kier alpha value is -3.17. The molecule has 0 radical (unpaired) electrons. The third-order valence-electron chi connectivity index (χ3n) is 4.93. The minimum Gasteiger partial charge on any atom is -0.495 e. The van der Waals surface area contributed by atoms with Crippen LogP contribution in [0.15, 0.2) is 42.0 Å². The van der Waals surface area contributed by atoms with Crippen LogP contribution in [-0.4, -0.2) is 42.5 Å². The van der Waals surface area contributed by atoms with Gasteiger partial charge in [-0.05, 0) is 18.2 Å². The predicted octanol–water partition coefficient (Wildman–Crippen LogP) is 3.87. The van der Waals surface area contributed by atoms with E-state index in [0.29, 0.717) is 27.3 Å². The fourth-order valence-corrected chi connectivity index (χ4v) is 4.31. The molecule has 31 heavy (non-hydrogen) atoms. The zero-order valence-corrected chi connectivity index (χ0v) is 18.4. The number of hydrogen-bond acceptors (Lipinski definition) is 7. The van der Waals surface area contributed by atoms with Crippen LogP contribution in [0.5, 0.6) is 11.5 Å². The first-order valence-corrected chi connectivity index (χ1v) is 10.6. The second kappa shape index (κ2) is 8.91. The first-order chi connectivity index (χ1) is 15.0. The summed E-state index contributed by atoms with van der Waals surface area (Å²) in [6, 6.07) is 6.95. The van der Waals surface area contributed by atoms with Crippen LogP contribution in [0.4, 0.5) is 10.8 Å². The summed E-state index contributed by atoms with van der Waals surface area (Å²) in [5.41, 5.74) is 2.10. The van der Waals surface area contributed by atoms with Crippen LogP contribution >= 0.6 is 22.9 Å². The van der Waals surface area contributed by atoms with Gasteiger partial charge in [0.05, 0.1) is 36.5 Å². The van der Waals surface area contributed by atoms with Gasteiger partial charge >= 0.3 is 0 Å². The number of pyridine rings is 1. The molecule has 8 nitrogen and oxygen atoms in total. The van der Waals surface area contributed by atoms with Crippen LogP contribution < -0.4 is 19.7 Å². The van der Waals surface area contributed by atoms with E-state index in [9.17, 15) is 9.59 Å². The van der Waals surface area contributed by atoms with Crippen molar-refractivity contribution in [1.82, 2.24) is 9.97 Å².